The predicted octanol–water partition coefficient (Wildman–Crippen LogP) is 8.07. The highest BCUT2D eigenvalue weighted by atomic mass is 16.8. The van der Waals surface area contributed by atoms with E-state index in [2.05, 4.69) is 34.6 Å². The monoisotopic (exact) mass is 602 g/mol. The molecule has 7 heteroatoms. The molecular formula is C36H58O7. The van der Waals surface area contributed by atoms with Crippen molar-refractivity contribution in [2.24, 2.45) is 52.3 Å². The summed E-state index contributed by atoms with van der Waals surface area (Å²) in [6, 6.07) is 0. The lowest BCUT2D eigenvalue weighted by Gasteiger charge is -2.61. The lowest BCUT2D eigenvalue weighted by molar-refractivity contribution is -0.291. The summed E-state index contributed by atoms with van der Waals surface area (Å²) in [6.07, 6.45) is 11.7. The van der Waals surface area contributed by atoms with Crippen LogP contribution in [0.15, 0.2) is 0 Å². The van der Waals surface area contributed by atoms with E-state index in [1.807, 2.05) is 6.92 Å². The van der Waals surface area contributed by atoms with E-state index < -0.39 is 42.8 Å². The summed E-state index contributed by atoms with van der Waals surface area (Å²) >= 11 is 0. The lowest BCUT2D eigenvalue weighted by atomic mass is 9.44. The van der Waals surface area contributed by atoms with Crippen LogP contribution >= 0.6 is 0 Å². The normalized spacial score (nSPS) is 47.9. The molecule has 0 amide bonds. The van der Waals surface area contributed by atoms with Gasteiger partial charge in [0.05, 0.1) is 12.2 Å². The van der Waals surface area contributed by atoms with Gasteiger partial charge in [0.25, 0.3) is 0 Å². The molecule has 0 N–H and O–H groups in total. The lowest BCUT2D eigenvalue weighted by Crippen LogP contribution is -2.58. The Kier molecular flexibility index (Phi) is 8.91. The van der Waals surface area contributed by atoms with Crippen LogP contribution in [0.3, 0.4) is 0 Å². The average Bonchev–Trinajstić information content (AvgIpc) is 3.50. The minimum Gasteiger partial charge on any atom is -0.456 e. The van der Waals surface area contributed by atoms with E-state index in [1.165, 1.54) is 71.1 Å². The second kappa shape index (κ2) is 12.1. The zero-order chi connectivity index (χ0) is 30.7. The summed E-state index contributed by atoms with van der Waals surface area (Å²) in [5, 5.41) is 0. The fourth-order valence-corrected chi connectivity index (χ4v) is 11.5. The van der Waals surface area contributed by atoms with Gasteiger partial charge >= 0.3 is 12.1 Å². The molecule has 6 fully saturated rings. The molecule has 0 unspecified atom stereocenters. The summed E-state index contributed by atoms with van der Waals surface area (Å²) in [6.45, 7) is 15.8. The Balaban J connectivity index is 1.08. The Morgan fingerprint density at radius 1 is 0.930 bits per heavy atom. The van der Waals surface area contributed by atoms with Crippen LogP contribution in [-0.4, -0.2) is 48.9 Å². The molecule has 2 aliphatic heterocycles. The zero-order valence-corrected chi connectivity index (χ0v) is 27.8. The third-order valence-electron chi connectivity index (χ3n) is 13.6. The third kappa shape index (κ3) is 5.77. The molecule has 0 aromatic rings. The number of carbonyl (C=O) groups is 2. The molecule has 2 saturated heterocycles. The maximum atomic E-state index is 12.1. The standard InChI is InChI=1S/C36H58O7/c1-20(2)9-8-10-21(3)27-13-14-28-26-12-11-24-19-25(15-17-35(24,6)29(26)16-18-36(27,28)7)41-33-32-31(42-34(38)43-32)30(22(4)39-33)40-23(5)37/h20-22,24-33H,8-19H2,1-7H3/t21-,22+,24+,25+,26+,27-,28+,29+,30+,31-,32-,33-,35+,36-/m1/s1. The fourth-order valence-electron chi connectivity index (χ4n) is 11.5. The van der Waals surface area contributed by atoms with Crippen LogP contribution in [-0.2, 0) is 28.5 Å². The minimum atomic E-state index is -0.753. The number of carbonyl (C=O) groups excluding carboxylic acids is 2. The molecule has 244 valence electrons. The molecule has 43 heavy (non-hydrogen) atoms. The van der Waals surface area contributed by atoms with Gasteiger partial charge in [-0.15, -0.1) is 0 Å². The molecule has 0 aromatic heterocycles. The molecular weight excluding hydrogens is 544 g/mol. The van der Waals surface area contributed by atoms with Crippen LogP contribution in [0, 0.1) is 52.3 Å². The molecule has 0 bridgehead atoms. The van der Waals surface area contributed by atoms with Gasteiger partial charge in [0, 0.05) is 6.92 Å². The summed E-state index contributed by atoms with van der Waals surface area (Å²) in [5.74, 6) is 5.38. The van der Waals surface area contributed by atoms with E-state index in [0.29, 0.717) is 16.7 Å². The molecule has 6 aliphatic rings. The van der Waals surface area contributed by atoms with Crippen LogP contribution in [0.1, 0.15) is 126 Å². The highest BCUT2D eigenvalue weighted by Crippen LogP contribution is 2.68. The molecule has 7 nitrogen and oxygen atoms in total. The van der Waals surface area contributed by atoms with Crippen molar-refractivity contribution in [2.75, 3.05) is 0 Å². The maximum Gasteiger partial charge on any atom is 0.509 e. The van der Waals surface area contributed by atoms with Gasteiger partial charge in [-0.1, -0.05) is 53.9 Å². The van der Waals surface area contributed by atoms with Crippen molar-refractivity contribution >= 4 is 12.1 Å². The van der Waals surface area contributed by atoms with Gasteiger partial charge in [0.15, 0.2) is 24.6 Å². The molecule has 0 radical (unpaired) electrons. The smallest absolute Gasteiger partial charge is 0.456 e. The van der Waals surface area contributed by atoms with Gasteiger partial charge in [0.1, 0.15) is 0 Å². The topological polar surface area (TPSA) is 80.3 Å². The van der Waals surface area contributed by atoms with E-state index in [0.717, 1.165) is 48.3 Å². The van der Waals surface area contributed by atoms with E-state index in [9.17, 15) is 9.59 Å². The largest absolute Gasteiger partial charge is 0.509 e. The van der Waals surface area contributed by atoms with Crippen LogP contribution < -0.4 is 0 Å². The molecule has 0 spiro atoms. The first-order valence-corrected chi connectivity index (χ1v) is 17.8. The van der Waals surface area contributed by atoms with E-state index in [4.69, 9.17) is 23.7 Å². The van der Waals surface area contributed by atoms with Gasteiger partial charge in [-0.2, -0.15) is 0 Å². The first-order chi connectivity index (χ1) is 20.4. The van der Waals surface area contributed by atoms with Crippen molar-refractivity contribution in [3.05, 3.63) is 0 Å². The van der Waals surface area contributed by atoms with E-state index >= 15 is 0 Å². The average molecular weight is 603 g/mol. The summed E-state index contributed by atoms with van der Waals surface area (Å²) in [7, 11) is 0. The van der Waals surface area contributed by atoms with Crippen molar-refractivity contribution in [2.45, 2.75) is 162 Å². The number of hydrogen-bond donors (Lipinski definition) is 0. The highest BCUT2D eigenvalue weighted by molar-refractivity contribution is 5.67. The minimum absolute atomic E-state index is 0.0634. The SMILES string of the molecule is CC(=O)O[C@@H]1[C@H]2OC(=O)O[C@H]2[C@@H](O[C@H]2CC[C@@]3(C)[C@@H](CC[C@@H]4[C@@H]3CC[C@]3(C)[C@@H]([C@H](C)CCCC(C)C)CC[C@@H]43)C2)O[C@H]1C. The number of fused-ring (bicyclic) bond motifs is 6. The van der Waals surface area contributed by atoms with Gasteiger partial charge in [0.2, 0.25) is 0 Å². The third-order valence-corrected chi connectivity index (χ3v) is 13.6. The molecule has 2 heterocycles. The number of rotatable bonds is 8. The molecule has 6 rings (SSSR count). The van der Waals surface area contributed by atoms with Gasteiger partial charge in [-0.05, 0) is 117 Å². The van der Waals surface area contributed by atoms with Crippen molar-refractivity contribution < 1.29 is 33.3 Å². The number of esters is 1. The Bertz CT molecular complexity index is 1030. The maximum absolute atomic E-state index is 12.1. The molecule has 0 aromatic carbocycles. The number of ether oxygens (including phenoxy) is 5. The molecule has 4 saturated carbocycles. The summed E-state index contributed by atoms with van der Waals surface area (Å²) in [5.41, 5.74) is 0.899. The van der Waals surface area contributed by atoms with Gasteiger partial charge < -0.3 is 23.7 Å². The Morgan fingerprint density at radius 2 is 1.65 bits per heavy atom. The van der Waals surface area contributed by atoms with Crippen molar-refractivity contribution in [3.8, 4) is 0 Å². The number of hydrogen-bond acceptors (Lipinski definition) is 7. The first kappa shape index (κ1) is 31.6. The fraction of sp³-hybridized carbons (Fsp3) is 0.944. The highest BCUT2D eigenvalue weighted by Gasteiger charge is 2.61. The summed E-state index contributed by atoms with van der Waals surface area (Å²) in [4.78, 5) is 23.8. The van der Waals surface area contributed by atoms with Gasteiger partial charge in [-0.3, -0.25) is 4.79 Å². The van der Waals surface area contributed by atoms with Crippen molar-refractivity contribution in [1.29, 1.82) is 0 Å². The Labute approximate surface area is 259 Å². The first-order valence-electron chi connectivity index (χ1n) is 17.8. The second-order valence-electron chi connectivity index (χ2n) is 16.4. The summed E-state index contributed by atoms with van der Waals surface area (Å²) < 4.78 is 29.1. The van der Waals surface area contributed by atoms with Gasteiger partial charge in [-0.25, -0.2) is 4.79 Å². The van der Waals surface area contributed by atoms with E-state index in [1.54, 1.807) is 0 Å². The van der Waals surface area contributed by atoms with E-state index in [-0.39, 0.29) is 6.10 Å². The molecule has 4 aliphatic carbocycles. The second-order valence-corrected chi connectivity index (χ2v) is 16.4. The quantitative estimate of drug-likeness (QED) is 0.205. The van der Waals surface area contributed by atoms with Crippen LogP contribution in [0.4, 0.5) is 4.79 Å². The predicted molar refractivity (Wildman–Crippen MR) is 163 cm³/mol. The van der Waals surface area contributed by atoms with Crippen molar-refractivity contribution in [1.82, 2.24) is 0 Å². The Hall–Kier alpha value is -1.34. The van der Waals surface area contributed by atoms with Crippen LogP contribution in [0.25, 0.3) is 0 Å². The Morgan fingerprint density at radius 3 is 2.40 bits per heavy atom. The zero-order valence-electron chi connectivity index (χ0n) is 27.8. The van der Waals surface area contributed by atoms with Crippen LogP contribution in [0.2, 0.25) is 0 Å². The van der Waals surface area contributed by atoms with Crippen molar-refractivity contribution in [3.63, 3.8) is 0 Å². The molecule has 14 atom stereocenters. The van der Waals surface area contributed by atoms with Crippen LogP contribution in [0.5, 0.6) is 0 Å².